The van der Waals surface area contributed by atoms with Crippen LogP contribution in [0.2, 0.25) is 0 Å². The number of hydrogen-bond donors (Lipinski definition) is 2. The number of benzene rings is 1. The fourth-order valence-corrected chi connectivity index (χ4v) is 1.90. The Kier molecular flexibility index (Phi) is 9.01. The molecule has 0 fully saturated rings. The van der Waals surface area contributed by atoms with Crippen LogP contribution in [0.3, 0.4) is 0 Å². The van der Waals surface area contributed by atoms with E-state index in [0.29, 0.717) is 13.0 Å². The molecule has 1 amide bonds. The van der Waals surface area contributed by atoms with Gasteiger partial charge in [-0.2, -0.15) is 0 Å². The van der Waals surface area contributed by atoms with E-state index in [0.717, 1.165) is 11.3 Å². The van der Waals surface area contributed by atoms with Crippen LogP contribution < -0.4 is 15.4 Å². The third-order valence-corrected chi connectivity index (χ3v) is 3.26. The SMILES string of the molecule is CNC(C)CNC(=O)CC(C)c1ccccc1OC.Cl. The highest BCUT2D eigenvalue weighted by atomic mass is 35.5. The predicted octanol–water partition coefficient (Wildman–Crippen LogP) is 2.33. The Labute approximate surface area is 127 Å². The number of halogens is 1. The highest BCUT2D eigenvalue weighted by Crippen LogP contribution is 2.28. The van der Waals surface area contributed by atoms with E-state index in [9.17, 15) is 4.79 Å². The molecule has 20 heavy (non-hydrogen) atoms. The lowest BCUT2D eigenvalue weighted by Crippen LogP contribution is -2.37. The van der Waals surface area contributed by atoms with E-state index in [-0.39, 0.29) is 30.3 Å². The summed E-state index contributed by atoms with van der Waals surface area (Å²) in [5.74, 6) is 1.05. The number of rotatable bonds is 7. The molecule has 2 N–H and O–H groups in total. The zero-order chi connectivity index (χ0) is 14.3. The van der Waals surface area contributed by atoms with Crippen molar-refractivity contribution in [1.82, 2.24) is 10.6 Å². The van der Waals surface area contributed by atoms with E-state index in [1.807, 2.05) is 45.2 Å². The molecule has 0 bridgehead atoms. The number of carbonyl (C=O) groups is 1. The zero-order valence-electron chi connectivity index (χ0n) is 12.6. The van der Waals surface area contributed by atoms with E-state index < -0.39 is 0 Å². The zero-order valence-corrected chi connectivity index (χ0v) is 13.4. The van der Waals surface area contributed by atoms with Crippen molar-refractivity contribution in [2.24, 2.45) is 0 Å². The molecule has 0 aliphatic carbocycles. The Morgan fingerprint density at radius 1 is 1.30 bits per heavy atom. The molecule has 5 heteroatoms. The standard InChI is InChI=1S/C15H24N2O2.ClH/c1-11(9-15(18)17-10-12(2)16-3)13-7-5-6-8-14(13)19-4;/h5-8,11-12,16H,9-10H2,1-4H3,(H,17,18);1H. The minimum absolute atomic E-state index is 0. The molecule has 0 radical (unpaired) electrons. The predicted molar refractivity (Wildman–Crippen MR) is 84.8 cm³/mol. The van der Waals surface area contributed by atoms with Gasteiger partial charge in [-0.25, -0.2) is 0 Å². The van der Waals surface area contributed by atoms with Crippen LogP contribution in [0.1, 0.15) is 31.7 Å². The first kappa shape index (κ1) is 18.7. The Morgan fingerprint density at radius 2 is 1.95 bits per heavy atom. The summed E-state index contributed by atoms with van der Waals surface area (Å²) in [6.07, 6.45) is 0.469. The lowest BCUT2D eigenvalue weighted by molar-refractivity contribution is -0.121. The molecule has 2 atom stereocenters. The van der Waals surface area contributed by atoms with Gasteiger partial charge in [0.15, 0.2) is 0 Å². The van der Waals surface area contributed by atoms with Gasteiger partial charge in [0.25, 0.3) is 0 Å². The van der Waals surface area contributed by atoms with E-state index in [4.69, 9.17) is 4.74 Å². The van der Waals surface area contributed by atoms with Crippen molar-refractivity contribution in [3.05, 3.63) is 29.8 Å². The summed E-state index contributed by atoms with van der Waals surface area (Å²) in [6.45, 7) is 4.72. The molecule has 1 aromatic rings. The molecule has 4 nitrogen and oxygen atoms in total. The number of methoxy groups -OCH3 is 1. The summed E-state index contributed by atoms with van der Waals surface area (Å²) >= 11 is 0. The van der Waals surface area contributed by atoms with Crippen molar-refractivity contribution >= 4 is 18.3 Å². The molecule has 1 aromatic carbocycles. The average molecular weight is 301 g/mol. The highest BCUT2D eigenvalue weighted by Gasteiger charge is 2.15. The van der Waals surface area contributed by atoms with Crippen LogP contribution in [-0.2, 0) is 4.79 Å². The maximum Gasteiger partial charge on any atom is 0.220 e. The fourth-order valence-electron chi connectivity index (χ4n) is 1.90. The second-order valence-corrected chi connectivity index (χ2v) is 4.84. The number of hydrogen-bond acceptors (Lipinski definition) is 3. The molecule has 0 aromatic heterocycles. The van der Waals surface area contributed by atoms with Gasteiger partial charge in [-0.3, -0.25) is 4.79 Å². The quantitative estimate of drug-likeness (QED) is 0.812. The van der Waals surface area contributed by atoms with Gasteiger partial charge in [0.1, 0.15) is 5.75 Å². The van der Waals surface area contributed by atoms with Crippen molar-refractivity contribution in [2.75, 3.05) is 20.7 Å². The third kappa shape index (κ3) is 5.80. The molecular formula is C15H25ClN2O2. The third-order valence-electron chi connectivity index (χ3n) is 3.26. The van der Waals surface area contributed by atoms with Crippen LogP contribution >= 0.6 is 12.4 Å². The molecule has 0 spiro atoms. The number of ether oxygens (including phenoxy) is 1. The molecule has 114 valence electrons. The average Bonchev–Trinajstić information content (AvgIpc) is 2.44. The van der Waals surface area contributed by atoms with Crippen LogP contribution in [-0.4, -0.2) is 32.7 Å². The number of nitrogens with one attached hydrogen (secondary N) is 2. The second kappa shape index (κ2) is 9.61. The van der Waals surface area contributed by atoms with Crippen molar-refractivity contribution in [1.29, 1.82) is 0 Å². The first-order valence-corrected chi connectivity index (χ1v) is 6.65. The van der Waals surface area contributed by atoms with E-state index in [2.05, 4.69) is 10.6 Å². The molecule has 0 heterocycles. The Morgan fingerprint density at radius 3 is 2.55 bits per heavy atom. The Balaban J connectivity index is 0.00000361. The van der Waals surface area contributed by atoms with Gasteiger partial charge in [0.05, 0.1) is 7.11 Å². The molecular weight excluding hydrogens is 276 g/mol. The van der Waals surface area contributed by atoms with Crippen LogP contribution in [0, 0.1) is 0 Å². The minimum Gasteiger partial charge on any atom is -0.496 e. The largest absolute Gasteiger partial charge is 0.496 e. The lowest BCUT2D eigenvalue weighted by atomic mass is 9.96. The van der Waals surface area contributed by atoms with Crippen molar-refractivity contribution in [3.8, 4) is 5.75 Å². The Hall–Kier alpha value is -1.26. The van der Waals surface area contributed by atoms with Gasteiger partial charge in [-0.1, -0.05) is 25.1 Å². The Bertz CT molecular complexity index is 413. The van der Waals surface area contributed by atoms with Crippen molar-refractivity contribution < 1.29 is 9.53 Å². The van der Waals surface area contributed by atoms with E-state index in [1.54, 1.807) is 7.11 Å². The van der Waals surface area contributed by atoms with Gasteiger partial charge >= 0.3 is 0 Å². The van der Waals surface area contributed by atoms with Gasteiger partial charge in [-0.15, -0.1) is 12.4 Å². The number of carbonyl (C=O) groups excluding carboxylic acids is 1. The number of para-hydroxylation sites is 1. The molecule has 1 rings (SSSR count). The maximum absolute atomic E-state index is 11.9. The van der Waals surface area contributed by atoms with E-state index >= 15 is 0 Å². The molecule has 0 aliphatic heterocycles. The molecule has 0 aliphatic rings. The maximum atomic E-state index is 11.9. The number of amides is 1. The smallest absolute Gasteiger partial charge is 0.220 e. The van der Waals surface area contributed by atoms with Gasteiger partial charge < -0.3 is 15.4 Å². The molecule has 2 unspecified atom stereocenters. The van der Waals surface area contributed by atoms with Crippen LogP contribution in [0.25, 0.3) is 0 Å². The minimum atomic E-state index is 0. The summed E-state index contributed by atoms with van der Waals surface area (Å²) in [5, 5.41) is 6.02. The molecule has 0 saturated heterocycles. The van der Waals surface area contributed by atoms with Gasteiger partial charge in [-0.05, 0) is 31.5 Å². The lowest BCUT2D eigenvalue weighted by Gasteiger charge is -2.16. The van der Waals surface area contributed by atoms with Crippen LogP contribution in [0.4, 0.5) is 0 Å². The highest BCUT2D eigenvalue weighted by molar-refractivity contribution is 5.85. The van der Waals surface area contributed by atoms with Crippen LogP contribution in [0.15, 0.2) is 24.3 Å². The topological polar surface area (TPSA) is 50.4 Å². The summed E-state index contributed by atoms with van der Waals surface area (Å²) < 4.78 is 5.32. The normalized spacial score (nSPS) is 13.0. The van der Waals surface area contributed by atoms with Crippen molar-refractivity contribution in [3.63, 3.8) is 0 Å². The van der Waals surface area contributed by atoms with Gasteiger partial charge in [0, 0.05) is 19.0 Å². The summed E-state index contributed by atoms with van der Waals surface area (Å²) in [6, 6.07) is 8.12. The number of likely N-dealkylation sites (N-methyl/N-ethyl adjacent to an activating group) is 1. The first-order valence-electron chi connectivity index (χ1n) is 6.65. The summed E-state index contributed by atoms with van der Waals surface area (Å²) in [4.78, 5) is 11.9. The fraction of sp³-hybridized carbons (Fsp3) is 0.533. The van der Waals surface area contributed by atoms with Crippen molar-refractivity contribution in [2.45, 2.75) is 32.2 Å². The summed E-state index contributed by atoms with van der Waals surface area (Å²) in [5.41, 5.74) is 1.07. The van der Waals surface area contributed by atoms with Gasteiger partial charge in [0.2, 0.25) is 5.91 Å². The first-order chi connectivity index (χ1) is 9.08. The van der Waals surface area contributed by atoms with Crippen LogP contribution in [0.5, 0.6) is 5.75 Å². The van der Waals surface area contributed by atoms with E-state index in [1.165, 1.54) is 0 Å². The second-order valence-electron chi connectivity index (χ2n) is 4.84. The summed E-state index contributed by atoms with van der Waals surface area (Å²) in [7, 11) is 3.54. The monoisotopic (exact) mass is 300 g/mol. The molecule has 0 saturated carbocycles.